The van der Waals surface area contributed by atoms with Gasteiger partial charge in [-0.2, -0.15) is 0 Å². The third-order valence-electron chi connectivity index (χ3n) is 7.23. The highest BCUT2D eigenvalue weighted by atomic mass is 16.5. The van der Waals surface area contributed by atoms with Gasteiger partial charge >= 0.3 is 0 Å². The van der Waals surface area contributed by atoms with Crippen LogP contribution in [0.25, 0.3) is 22.0 Å². The van der Waals surface area contributed by atoms with Crippen LogP contribution < -0.4 is 10.5 Å². The molecule has 240 valence electrons. The molecule has 1 aliphatic heterocycles. The van der Waals surface area contributed by atoms with Crippen molar-refractivity contribution in [3.8, 4) is 17.0 Å². The number of aromatic nitrogens is 3. The van der Waals surface area contributed by atoms with Crippen LogP contribution in [0.1, 0.15) is 71.8 Å². The predicted octanol–water partition coefficient (Wildman–Crippen LogP) is 7.80. The standard InChI is InChI=1S/C20H25N3O.C12H16N2O2.2C2H6/c21-19-12-11-18(15-22-19)17-9-7-16(8-10-17)5-4-6-20(24)23-13-2-1-3-14-23;1-15-7-3-5-14-6-4-10-9-13-12(16-2)8-11(10)14;2*1-2/h7-12,15H,1-6,13-14H2,(H2,21,22);4,6,8-9H,3,5,7H2,1-2H3;2*1-2H3. The number of anilines is 1. The Morgan fingerprint density at radius 3 is 2.20 bits per heavy atom. The Kier molecular flexibility index (Phi) is 17.2. The molecule has 0 unspecified atom stereocenters. The van der Waals surface area contributed by atoms with Crippen LogP contribution in [0.2, 0.25) is 0 Å². The second-order valence-electron chi connectivity index (χ2n) is 10.1. The topological polar surface area (TPSA) is 95.5 Å². The van der Waals surface area contributed by atoms with E-state index in [2.05, 4.69) is 51.1 Å². The summed E-state index contributed by atoms with van der Waals surface area (Å²) in [6.45, 7) is 11.6. The lowest BCUT2D eigenvalue weighted by Crippen LogP contribution is -2.35. The molecule has 0 atom stereocenters. The van der Waals surface area contributed by atoms with Crippen LogP contribution in [0.15, 0.2) is 67.1 Å². The first-order chi connectivity index (χ1) is 21.6. The van der Waals surface area contributed by atoms with Gasteiger partial charge in [-0.15, -0.1) is 0 Å². The summed E-state index contributed by atoms with van der Waals surface area (Å²) in [5.41, 5.74) is 10.2. The van der Waals surface area contributed by atoms with E-state index in [1.807, 2.05) is 57.0 Å². The maximum absolute atomic E-state index is 12.2. The van der Waals surface area contributed by atoms with Crippen molar-refractivity contribution in [2.24, 2.45) is 0 Å². The fourth-order valence-electron chi connectivity index (χ4n) is 4.94. The number of nitrogens with two attached hydrogens (primary N) is 1. The predicted molar refractivity (Wildman–Crippen MR) is 183 cm³/mol. The van der Waals surface area contributed by atoms with Gasteiger partial charge in [0.05, 0.1) is 12.6 Å². The van der Waals surface area contributed by atoms with Gasteiger partial charge in [0.15, 0.2) is 0 Å². The number of ether oxygens (including phenoxy) is 2. The maximum atomic E-state index is 12.2. The maximum Gasteiger partial charge on any atom is 0.222 e. The minimum atomic E-state index is 0.319. The third kappa shape index (κ3) is 11.6. The van der Waals surface area contributed by atoms with Crippen LogP contribution in [-0.4, -0.2) is 59.3 Å². The van der Waals surface area contributed by atoms with E-state index in [1.165, 1.54) is 12.0 Å². The van der Waals surface area contributed by atoms with E-state index in [0.717, 1.165) is 80.4 Å². The van der Waals surface area contributed by atoms with E-state index < -0.39 is 0 Å². The molecule has 0 bridgehead atoms. The summed E-state index contributed by atoms with van der Waals surface area (Å²) < 4.78 is 12.4. The number of benzene rings is 1. The Labute approximate surface area is 264 Å². The van der Waals surface area contributed by atoms with Crippen molar-refractivity contribution in [1.29, 1.82) is 0 Å². The van der Waals surface area contributed by atoms with E-state index in [-0.39, 0.29) is 0 Å². The molecular formula is C36H53N5O3. The minimum Gasteiger partial charge on any atom is -0.481 e. The van der Waals surface area contributed by atoms with Gasteiger partial charge in [-0.05, 0) is 67.9 Å². The lowest BCUT2D eigenvalue weighted by atomic mass is 10.0. The van der Waals surface area contributed by atoms with Crippen LogP contribution in [-0.2, 0) is 22.5 Å². The zero-order chi connectivity index (χ0) is 32.2. The first-order valence-electron chi connectivity index (χ1n) is 16.1. The summed E-state index contributed by atoms with van der Waals surface area (Å²) in [7, 11) is 3.35. The molecule has 1 aromatic carbocycles. The number of hydrogen-bond donors (Lipinski definition) is 1. The van der Waals surface area contributed by atoms with Gasteiger partial charge in [0.25, 0.3) is 0 Å². The monoisotopic (exact) mass is 603 g/mol. The van der Waals surface area contributed by atoms with Crippen molar-refractivity contribution in [3.05, 3.63) is 72.7 Å². The molecule has 0 radical (unpaired) electrons. The molecule has 8 heteroatoms. The van der Waals surface area contributed by atoms with Gasteiger partial charge in [-0.3, -0.25) is 4.79 Å². The van der Waals surface area contributed by atoms with E-state index in [4.69, 9.17) is 15.2 Å². The van der Waals surface area contributed by atoms with Gasteiger partial charge in [0, 0.05) is 75.4 Å². The number of carbonyl (C=O) groups excluding carboxylic acids is 1. The van der Waals surface area contributed by atoms with Gasteiger partial charge in [-0.1, -0.05) is 52.0 Å². The fourth-order valence-corrected chi connectivity index (χ4v) is 4.94. The molecule has 1 saturated heterocycles. The van der Waals surface area contributed by atoms with Crippen molar-refractivity contribution >= 4 is 22.6 Å². The average molecular weight is 604 g/mol. The number of aryl methyl sites for hydroxylation is 2. The zero-order valence-electron chi connectivity index (χ0n) is 27.7. The second kappa shape index (κ2) is 20.9. The number of carbonyl (C=O) groups is 1. The Morgan fingerprint density at radius 1 is 0.864 bits per heavy atom. The van der Waals surface area contributed by atoms with Crippen molar-refractivity contribution in [2.75, 3.05) is 39.6 Å². The molecule has 1 aliphatic rings. The normalized spacial score (nSPS) is 12.2. The quantitative estimate of drug-likeness (QED) is 0.186. The Morgan fingerprint density at radius 2 is 1.57 bits per heavy atom. The van der Waals surface area contributed by atoms with Crippen LogP contribution in [0.5, 0.6) is 5.88 Å². The number of rotatable bonds is 10. The van der Waals surface area contributed by atoms with E-state index in [9.17, 15) is 4.79 Å². The summed E-state index contributed by atoms with van der Waals surface area (Å²) in [4.78, 5) is 22.5. The number of methoxy groups -OCH3 is 2. The number of hydrogen-bond acceptors (Lipinski definition) is 6. The van der Waals surface area contributed by atoms with E-state index >= 15 is 0 Å². The summed E-state index contributed by atoms with van der Waals surface area (Å²) in [6, 6.07) is 16.3. The molecule has 4 heterocycles. The molecule has 5 rings (SSSR count). The smallest absolute Gasteiger partial charge is 0.222 e. The van der Waals surface area contributed by atoms with Crippen molar-refractivity contribution in [2.45, 2.75) is 79.2 Å². The van der Waals surface area contributed by atoms with Crippen molar-refractivity contribution in [1.82, 2.24) is 19.4 Å². The fraction of sp³-hybridized carbons (Fsp3) is 0.472. The molecule has 0 aliphatic carbocycles. The highest BCUT2D eigenvalue weighted by Gasteiger charge is 2.15. The molecule has 4 aromatic rings. The Hall–Kier alpha value is -3.91. The summed E-state index contributed by atoms with van der Waals surface area (Å²) >= 11 is 0. The second-order valence-corrected chi connectivity index (χ2v) is 10.1. The van der Waals surface area contributed by atoms with Gasteiger partial charge in [-0.25, -0.2) is 9.97 Å². The molecule has 8 nitrogen and oxygen atoms in total. The molecule has 1 fully saturated rings. The largest absolute Gasteiger partial charge is 0.481 e. The van der Waals surface area contributed by atoms with Crippen LogP contribution in [0.4, 0.5) is 5.82 Å². The highest BCUT2D eigenvalue weighted by Crippen LogP contribution is 2.21. The van der Waals surface area contributed by atoms with Gasteiger partial charge < -0.3 is 24.7 Å². The number of pyridine rings is 2. The number of likely N-dealkylation sites (tertiary alicyclic amines) is 1. The number of piperidine rings is 1. The minimum absolute atomic E-state index is 0.319. The molecule has 3 aromatic heterocycles. The number of nitrogens with zero attached hydrogens (tertiary/aromatic N) is 4. The molecule has 0 saturated carbocycles. The van der Waals surface area contributed by atoms with Crippen molar-refractivity contribution < 1.29 is 14.3 Å². The molecule has 0 spiro atoms. The third-order valence-corrected chi connectivity index (χ3v) is 7.23. The number of nitrogen functional groups attached to an aromatic ring is 1. The number of fused-ring (bicyclic) bond motifs is 1. The van der Waals surface area contributed by atoms with Crippen LogP contribution >= 0.6 is 0 Å². The zero-order valence-corrected chi connectivity index (χ0v) is 27.7. The summed E-state index contributed by atoms with van der Waals surface area (Å²) in [5, 5.41) is 1.14. The first kappa shape index (κ1) is 36.3. The SMILES string of the molecule is CC.CC.COCCCn1ccc2cnc(OC)cc21.Nc1ccc(-c2ccc(CCCC(=O)N3CCCCC3)cc2)cn1. The molecule has 44 heavy (non-hydrogen) atoms. The Balaban J connectivity index is 0.000000293. The summed E-state index contributed by atoms with van der Waals surface area (Å²) in [6.07, 6.45) is 12.8. The van der Waals surface area contributed by atoms with Crippen LogP contribution in [0, 0.1) is 0 Å². The van der Waals surface area contributed by atoms with Crippen LogP contribution in [0.3, 0.4) is 0 Å². The average Bonchev–Trinajstić information content (AvgIpc) is 3.50. The molecule has 1 amide bonds. The molecular weight excluding hydrogens is 550 g/mol. The lowest BCUT2D eigenvalue weighted by Gasteiger charge is -2.26. The first-order valence-corrected chi connectivity index (χ1v) is 16.1. The van der Waals surface area contributed by atoms with Crippen molar-refractivity contribution in [3.63, 3.8) is 0 Å². The number of amides is 1. The van der Waals surface area contributed by atoms with Gasteiger partial charge in [0.2, 0.25) is 11.8 Å². The molecule has 2 N–H and O–H groups in total. The summed E-state index contributed by atoms with van der Waals surface area (Å²) in [5.74, 6) is 1.51. The van der Waals surface area contributed by atoms with E-state index in [1.54, 1.807) is 20.4 Å². The van der Waals surface area contributed by atoms with E-state index in [0.29, 0.717) is 24.0 Å². The van der Waals surface area contributed by atoms with Gasteiger partial charge in [0.1, 0.15) is 5.82 Å². The highest BCUT2D eigenvalue weighted by molar-refractivity contribution is 5.80. The lowest BCUT2D eigenvalue weighted by molar-refractivity contribution is -0.132. The Bertz CT molecular complexity index is 1330.